The highest BCUT2D eigenvalue weighted by Crippen LogP contribution is 2.30. The molecule has 0 spiro atoms. The van der Waals surface area contributed by atoms with Crippen LogP contribution in [0.25, 0.3) is 0 Å². The van der Waals surface area contributed by atoms with Gasteiger partial charge in [-0.25, -0.2) is 9.78 Å². The van der Waals surface area contributed by atoms with E-state index >= 15 is 0 Å². The van der Waals surface area contributed by atoms with Crippen LogP contribution in [0.3, 0.4) is 0 Å². The molecule has 96 valence electrons. The topological polar surface area (TPSA) is 79.3 Å². The van der Waals surface area contributed by atoms with E-state index in [0.717, 1.165) is 12.8 Å². The van der Waals surface area contributed by atoms with Gasteiger partial charge in [0.15, 0.2) is 0 Å². The quantitative estimate of drug-likeness (QED) is 0.877. The van der Waals surface area contributed by atoms with Crippen molar-refractivity contribution in [3.8, 4) is 0 Å². The Morgan fingerprint density at radius 3 is 2.50 bits per heavy atom. The summed E-state index contributed by atoms with van der Waals surface area (Å²) in [5.74, 6) is -1.46. The molecule has 0 unspecified atom stereocenters. The SMILES string of the molecule is O=C(NC1(C(=O)O)CCCC1)c1ccc(Cl)cn1. The number of carbonyl (C=O) groups is 2. The second-order valence-electron chi connectivity index (χ2n) is 4.41. The molecule has 0 bridgehead atoms. The summed E-state index contributed by atoms with van der Waals surface area (Å²) in [5.41, 5.74) is -0.967. The molecule has 0 aromatic carbocycles. The highest BCUT2D eigenvalue weighted by Gasteiger charge is 2.42. The molecule has 0 aliphatic heterocycles. The number of nitrogens with one attached hydrogen (secondary N) is 1. The number of aromatic nitrogens is 1. The molecule has 1 amide bonds. The van der Waals surface area contributed by atoms with E-state index in [0.29, 0.717) is 17.9 Å². The van der Waals surface area contributed by atoms with Gasteiger partial charge in [0, 0.05) is 6.20 Å². The van der Waals surface area contributed by atoms with Gasteiger partial charge in [-0.1, -0.05) is 24.4 Å². The molecule has 2 N–H and O–H groups in total. The van der Waals surface area contributed by atoms with Gasteiger partial charge < -0.3 is 10.4 Å². The van der Waals surface area contributed by atoms with Crippen LogP contribution in [0.1, 0.15) is 36.2 Å². The van der Waals surface area contributed by atoms with Gasteiger partial charge in [-0.3, -0.25) is 4.79 Å². The van der Waals surface area contributed by atoms with Crippen LogP contribution in [0.5, 0.6) is 0 Å². The molecule has 0 saturated heterocycles. The standard InChI is InChI=1S/C12H13ClN2O3/c13-8-3-4-9(14-7-8)10(16)15-12(11(17)18)5-1-2-6-12/h3-4,7H,1-2,5-6H2,(H,15,16)(H,17,18). The van der Waals surface area contributed by atoms with E-state index in [-0.39, 0.29) is 5.69 Å². The van der Waals surface area contributed by atoms with Crippen molar-refractivity contribution in [1.82, 2.24) is 10.3 Å². The van der Waals surface area contributed by atoms with Crippen LogP contribution in [0, 0.1) is 0 Å². The van der Waals surface area contributed by atoms with Crippen molar-refractivity contribution in [2.45, 2.75) is 31.2 Å². The number of amides is 1. The van der Waals surface area contributed by atoms with Gasteiger partial charge in [-0.15, -0.1) is 0 Å². The summed E-state index contributed by atoms with van der Waals surface area (Å²) in [6, 6.07) is 3.02. The summed E-state index contributed by atoms with van der Waals surface area (Å²) < 4.78 is 0. The van der Waals surface area contributed by atoms with E-state index in [9.17, 15) is 14.7 Å². The third-order valence-corrected chi connectivity index (χ3v) is 3.40. The fraction of sp³-hybridized carbons (Fsp3) is 0.417. The Bertz CT molecular complexity index is 467. The second-order valence-corrected chi connectivity index (χ2v) is 4.85. The smallest absolute Gasteiger partial charge is 0.329 e. The molecule has 6 heteroatoms. The van der Waals surface area contributed by atoms with Crippen molar-refractivity contribution in [2.24, 2.45) is 0 Å². The summed E-state index contributed by atoms with van der Waals surface area (Å²) in [7, 11) is 0. The van der Waals surface area contributed by atoms with Crippen LogP contribution < -0.4 is 5.32 Å². The lowest BCUT2D eigenvalue weighted by atomic mass is 9.97. The molecule has 1 aromatic heterocycles. The average molecular weight is 269 g/mol. The molecule has 18 heavy (non-hydrogen) atoms. The number of carbonyl (C=O) groups excluding carboxylic acids is 1. The molecular weight excluding hydrogens is 256 g/mol. The number of carboxylic acid groups (broad SMARTS) is 1. The molecule has 0 atom stereocenters. The van der Waals surface area contributed by atoms with E-state index in [1.165, 1.54) is 12.3 Å². The predicted molar refractivity (Wildman–Crippen MR) is 65.5 cm³/mol. The summed E-state index contributed by atoms with van der Waals surface area (Å²) in [6.45, 7) is 0. The number of hydrogen-bond donors (Lipinski definition) is 2. The zero-order valence-corrected chi connectivity index (χ0v) is 10.4. The minimum absolute atomic E-state index is 0.173. The molecule has 1 aromatic rings. The highest BCUT2D eigenvalue weighted by molar-refractivity contribution is 6.30. The first-order chi connectivity index (χ1) is 8.53. The molecule has 1 heterocycles. The van der Waals surface area contributed by atoms with Gasteiger partial charge in [0.2, 0.25) is 0 Å². The van der Waals surface area contributed by atoms with Crippen molar-refractivity contribution in [1.29, 1.82) is 0 Å². The lowest BCUT2D eigenvalue weighted by molar-refractivity contribution is -0.144. The van der Waals surface area contributed by atoms with Gasteiger partial charge in [0.1, 0.15) is 11.2 Å². The van der Waals surface area contributed by atoms with Gasteiger partial charge >= 0.3 is 5.97 Å². The molecule has 5 nitrogen and oxygen atoms in total. The fourth-order valence-corrected chi connectivity index (χ4v) is 2.27. The fourth-order valence-electron chi connectivity index (χ4n) is 2.16. The van der Waals surface area contributed by atoms with Crippen LogP contribution >= 0.6 is 11.6 Å². The first kappa shape index (κ1) is 12.8. The molecule has 1 fully saturated rings. The van der Waals surface area contributed by atoms with E-state index in [4.69, 9.17) is 11.6 Å². The molecule has 1 aliphatic rings. The van der Waals surface area contributed by atoms with Gasteiger partial charge in [-0.2, -0.15) is 0 Å². The van der Waals surface area contributed by atoms with E-state index in [1.807, 2.05) is 0 Å². The Hall–Kier alpha value is -1.62. The summed E-state index contributed by atoms with van der Waals surface area (Å²) in [4.78, 5) is 27.1. The maximum atomic E-state index is 11.9. The monoisotopic (exact) mass is 268 g/mol. The van der Waals surface area contributed by atoms with E-state index in [2.05, 4.69) is 10.3 Å². The van der Waals surface area contributed by atoms with Gasteiger partial charge in [0.25, 0.3) is 5.91 Å². The number of hydrogen-bond acceptors (Lipinski definition) is 3. The van der Waals surface area contributed by atoms with E-state index < -0.39 is 17.4 Å². The molecule has 1 saturated carbocycles. The Kier molecular flexibility index (Phi) is 3.52. The average Bonchev–Trinajstić information content (AvgIpc) is 2.79. The third kappa shape index (κ3) is 2.46. The Morgan fingerprint density at radius 1 is 1.33 bits per heavy atom. The number of aliphatic carboxylic acids is 1. The van der Waals surface area contributed by atoms with Crippen LogP contribution in [0.2, 0.25) is 5.02 Å². The Morgan fingerprint density at radius 2 is 2.00 bits per heavy atom. The Labute approximate surface area is 109 Å². The molecule has 2 rings (SSSR count). The van der Waals surface area contributed by atoms with Crippen molar-refractivity contribution in [2.75, 3.05) is 0 Å². The first-order valence-corrected chi connectivity index (χ1v) is 6.09. The van der Waals surface area contributed by atoms with E-state index in [1.54, 1.807) is 6.07 Å². The second kappa shape index (κ2) is 4.94. The normalized spacial score (nSPS) is 17.4. The zero-order valence-electron chi connectivity index (χ0n) is 9.65. The van der Waals surface area contributed by atoms with Crippen molar-refractivity contribution < 1.29 is 14.7 Å². The number of pyridine rings is 1. The Balaban J connectivity index is 2.15. The lowest BCUT2D eigenvalue weighted by Crippen LogP contribution is -2.52. The van der Waals surface area contributed by atoms with Gasteiger partial charge in [0.05, 0.1) is 5.02 Å². The minimum atomic E-state index is -1.14. The number of nitrogens with zero attached hydrogens (tertiary/aromatic N) is 1. The molecule has 0 radical (unpaired) electrons. The first-order valence-electron chi connectivity index (χ1n) is 5.71. The highest BCUT2D eigenvalue weighted by atomic mass is 35.5. The maximum absolute atomic E-state index is 11.9. The van der Waals surface area contributed by atoms with Crippen LogP contribution in [0.15, 0.2) is 18.3 Å². The van der Waals surface area contributed by atoms with Crippen molar-refractivity contribution in [3.05, 3.63) is 29.0 Å². The van der Waals surface area contributed by atoms with Crippen LogP contribution in [-0.2, 0) is 4.79 Å². The predicted octanol–water partition coefficient (Wildman–Crippen LogP) is 1.86. The summed E-state index contributed by atoms with van der Waals surface area (Å²) in [5, 5.41) is 12.3. The number of carboxylic acids is 1. The minimum Gasteiger partial charge on any atom is -0.480 e. The molecular formula is C12H13ClN2O3. The molecule has 1 aliphatic carbocycles. The zero-order chi connectivity index (χ0) is 13.2. The number of rotatable bonds is 3. The van der Waals surface area contributed by atoms with Crippen LogP contribution in [0.4, 0.5) is 0 Å². The third-order valence-electron chi connectivity index (χ3n) is 3.18. The van der Waals surface area contributed by atoms with Gasteiger partial charge in [-0.05, 0) is 25.0 Å². The number of halogens is 1. The lowest BCUT2D eigenvalue weighted by Gasteiger charge is -2.24. The summed E-state index contributed by atoms with van der Waals surface area (Å²) in [6.07, 6.45) is 3.89. The van der Waals surface area contributed by atoms with Crippen molar-refractivity contribution >= 4 is 23.5 Å². The summed E-state index contributed by atoms with van der Waals surface area (Å²) >= 11 is 5.68. The van der Waals surface area contributed by atoms with Crippen molar-refractivity contribution in [3.63, 3.8) is 0 Å². The van der Waals surface area contributed by atoms with Crippen LogP contribution in [-0.4, -0.2) is 27.5 Å². The maximum Gasteiger partial charge on any atom is 0.329 e. The largest absolute Gasteiger partial charge is 0.480 e.